The molecule has 0 amide bonds. The van der Waals surface area contributed by atoms with Gasteiger partial charge < -0.3 is 9.88 Å². The van der Waals surface area contributed by atoms with Gasteiger partial charge in [-0.2, -0.15) is 0 Å². The summed E-state index contributed by atoms with van der Waals surface area (Å²) in [6, 6.07) is 6.12. The number of aryl methyl sites for hydroxylation is 2. The van der Waals surface area contributed by atoms with Crippen molar-refractivity contribution in [2.75, 3.05) is 5.32 Å². The SMILES string of the molecule is Cc1nccn1-c1ccc(NCc2ccn(C)c2)cn1. The maximum Gasteiger partial charge on any atom is 0.138 e. The molecule has 20 heavy (non-hydrogen) atoms. The van der Waals surface area contributed by atoms with Crippen molar-refractivity contribution in [2.45, 2.75) is 13.5 Å². The molecule has 3 aromatic heterocycles. The molecule has 0 atom stereocenters. The van der Waals surface area contributed by atoms with Crippen LogP contribution in [0.3, 0.4) is 0 Å². The van der Waals surface area contributed by atoms with Gasteiger partial charge in [-0.3, -0.25) is 4.57 Å². The molecule has 5 heteroatoms. The maximum atomic E-state index is 4.45. The smallest absolute Gasteiger partial charge is 0.138 e. The highest BCUT2D eigenvalue weighted by Crippen LogP contribution is 2.12. The molecule has 0 aromatic carbocycles. The van der Waals surface area contributed by atoms with E-state index in [0.717, 1.165) is 23.9 Å². The molecule has 0 saturated heterocycles. The van der Waals surface area contributed by atoms with Crippen LogP contribution in [0.4, 0.5) is 5.69 Å². The first-order chi connectivity index (χ1) is 9.72. The third-order valence-corrected chi connectivity index (χ3v) is 3.21. The molecule has 0 saturated carbocycles. The first kappa shape index (κ1) is 12.5. The van der Waals surface area contributed by atoms with E-state index in [9.17, 15) is 0 Å². The lowest BCUT2D eigenvalue weighted by atomic mass is 10.3. The molecule has 3 heterocycles. The fourth-order valence-electron chi connectivity index (χ4n) is 2.12. The van der Waals surface area contributed by atoms with Crippen LogP contribution in [0.25, 0.3) is 5.82 Å². The first-order valence-electron chi connectivity index (χ1n) is 6.53. The number of aromatic nitrogens is 4. The van der Waals surface area contributed by atoms with Crippen LogP contribution >= 0.6 is 0 Å². The summed E-state index contributed by atoms with van der Waals surface area (Å²) < 4.78 is 4.00. The van der Waals surface area contributed by atoms with E-state index in [4.69, 9.17) is 0 Å². The fraction of sp³-hybridized carbons (Fsp3) is 0.200. The van der Waals surface area contributed by atoms with E-state index < -0.39 is 0 Å². The summed E-state index contributed by atoms with van der Waals surface area (Å²) in [4.78, 5) is 8.65. The molecule has 0 aliphatic heterocycles. The number of nitrogens with one attached hydrogen (secondary N) is 1. The predicted octanol–water partition coefficient (Wildman–Crippen LogP) is 2.53. The molecule has 3 rings (SSSR count). The standard InChI is InChI=1S/C15H17N5/c1-12-16-6-8-20(12)15-4-3-14(10-18-15)17-9-13-5-7-19(2)11-13/h3-8,10-11,17H,9H2,1-2H3. The summed E-state index contributed by atoms with van der Waals surface area (Å²) in [6.45, 7) is 2.76. The number of hydrogen-bond acceptors (Lipinski definition) is 3. The van der Waals surface area contributed by atoms with E-state index in [1.54, 1.807) is 6.20 Å². The van der Waals surface area contributed by atoms with E-state index in [1.165, 1.54) is 5.56 Å². The van der Waals surface area contributed by atoms with Crippen LogP contribution in [-0.2, 0) is 13.6 Å². The van der Waals surface area contributed by atoms with Crippen LogP contribution in [0.1, 0.15) is 11.4 Å². The monoisotopic (exact) mass is 267 g/mol. The molecule has 0 radical (unpaired) electrons. The first-order valence-corrected chi connectivity index (χ1v) is 6.53. The van der Waals surface area contributed by atoms with Gasteiger partial charge in [-0.15, -0.1) is 0 Å². The highest BCUT2D eigenvalue weighted by Gasteiger charge is 2.02. The Kier molecular flexibility index (Phi) is 3.25. The molecule has 0 aliphatic rings. The lowest BCUT2D eigenvalue weighted by Crippen LogP contribution is -2.02. The molecule has 0 spiro atoms. The topological polar surface area (TPSA) is 47.7 Å². The van der Waals surface area contributed by atoms with Crippen molar-refractivity contribution in [3.8, 4) is 5.82 Å². The summed E-state index contributed by atoms with van der Waals surface area (Å²) in [5.74, 6) is 1.81. The van der Waals surface area contributed by atoms with E-state index in [-0.39, 0.29) is 0 Å². The molecular weight excluding hydrogens is 250 g/mol. The number of hydrogen-bond donors (Lipinski definition) is 1. The Morgan fingerprint density at radius 2 is 2.05 bits per heavy atom. The molecule has 0 unspecified atom stereocenters. The second-order valence-electron chi connectivity index (χ2n) is 4.79. The third kappa shape index (κ3) is 2.56. The second kappa shape index (κ2) is 5.21. The highest BCUT2D eigenvalue weighted by atomic mass is 15.1. The molecule has 1 N–H and O–H groups in total. The number of nitrogens with zero attached hydrogens (tertiary/aromatic N) is 4. The van der Waals surface area contributed by atoms with Crippen LogP contribution in [-0.4, -0.2) is 19.1 Å². The average molecular weight is 267 g/mol. The van der Waals surface area contributed by atoms with E-state index in [2.05, 4.69) is 27.5 Å². The van der Waals surface area contributed by atoms with Gasteiger partial charge in [-0.25, -0.2) is 9.97 Å². The lowest BCUT2D eigenvalue weighted by Gasteiger charge is -2.07. The minimum Gasteiger partial charge on any atom is -0.380 e. The zero-order valence-corrected chi connectivity index (χ0v) is 11.6. The molecule has 5 nitrogen and oxygen atoms in total. The van der Waals surface area contributed by atoms with Gasteiger partial charge in [0.15, 0.2) is 0 Å². The van der Waals surface area contributed by atoms with Crippen molar-refractivity contribution in [1.82, 2.24) is 19.1 Å². The minimum absolute atomic E-state index is 0.798. The number of rotatable bonds is 4. The largest absolute Gasteiger partial charge is 0.380 e. The Labute approximate surface area is 117 Å². The average Bonchev–Trinajstić information content (AvgIpc) is 3.06. The van der Waals surface area contributed by atoms with Gasteiger partial charge in [0, 0.05) is 38.4 Å². The molecule has 102 valence electrons. The Hall–Kier alpha value is -2.56. The van der Waals surface area contributed by atoms with Gasteiger partial charge in [0.05, 0.1) is 11.9 Å². The van der Waals surface area contributed by atoms with Gasteiger partial charge in [0.1, 0.15) is 11.6 Å². The van der Waals surface area contributed by atoms with Gasteiger partial charge >= 0.3 is 0 Å². The Morgan fingerprint density at radius 3 is 2.65 bits per heavy atom. The van der Waals surface area contributed by atoms with Crippen molar-refractivity contribution >= 4 is 5.69 Å². The quantitative estimate of drug-likeness (QED) is 0.790. The van der Waals surface area contributed by atoms with Crippen LogP contribution < -0.4 is 5.32 Å². The van der Waals surface area contributed by atoms with Crippen LogP contribution in [0.5, 0.6) is 0 Å². The zero-order chi connectivity index (χ0) is 13.9. The maximum absolute atomic E-state index is 4.45. The summed E-state index contributed by atoms with van der Waals surface area (Å²) in [5.41, 5.74) is 2.26. The summed E-state index contributed by atoms with van der Waals surface area (Å²) in [6.07, 6.45) is 9.68. The van der Waals surface area contributed by atoms with Gasteiger partial charge in [-0.1, -0.05) is 0 Å². The lowest BCUT2D eigenvalue weighted by molar-refractivity contribution is 0.919. The van der Waals surface area contributed by atoms with Crippen LogP contribution in [0.2, 0.25) is 0 Å². The van der Waals surface area contributed by atoms with Crippen molar-refractivity contribution in [2.24, 2.45) is 7.05 Å². The van der Waals surface area contributed by atoms with Gasteiger partial charge in [-0.05, 0) is 30.7 Å². The fourth-order valence-corrected chi connectivity index (χ4v) is 2.12. The number of imidazole rings is 1. The zero-order valence-electron chi connectivity index (χ0n) is 11.6. The van der Waals surface area contributed by atoms with Crippen molar-refractivity contribution in [3.05, 3.63) is 60.6 Å². The summed E-state index contributed by atoms with van der Waals surface area (Å²) in [7, 11) is 2.02. The van der Waals surface area contributed by atoms with Crippen molar-refractivity contribution in [3.63, 3.8) is 0 Å². The predicted molar refractivity (Wildman–Crippen MR) is 78.8 cm³/mol. The van der Waals surface area contributed by atoms with Crippen molar-refractivity contribution in [1.29, 1.82) is 0 Å². The summed E-state index contributed by atoms with van der Waals surface area (Å²) >= 11 is 0. The van der Waals surface area contributed by atoms with Crippen LogP contribution in [0, 0.1) is 6.92 Å². The molecule has 0 fully saturated rings. The third-order valence-electron chi connectivity index (χ3n) is 3.21. The Bertz CT molecular complexity index is 693. The molecule has 0 aliphatic carbocycles. The van der Waals surface area contributed by atoms with E-state index in [0.29, 0.717) is 0 Å². The number of anilines is 1. The Balaban J connectivity index is 1.69. The van der Waals surface area contributed by atoms with Crippen LogP contribution in [0.15, 0.2) is 49.2 Å². The van der Waals surface area contributed by atoms with Gasteiger partial charge in [0.2, 0.25) is 0 Å². The minimum atomic E-state index is 0.798. The Morgan fingerprint density at radius 1 is 1.15 bits per heavy atom. The normalized spacial score (nSPS) is 10.7. The van der Waals surface area contributed by atoms with Crippen molar-refractivity contribution < 1.29 is 0 Å². The second-order valence-corrected chi connectivity index (χ2v) is 4.79. The molecule has 3 aromatic rings. The highest BCUT2D eigenvalue weighted by molar-refractivity contribution is 5.44. The van der Waals surface area contributed by atoms with E-state index in [1.807, 2.05) is 53.8 Å². The summed E-state index contributed by atoms with van der Waals surface area (Å²) in [5, 5.41) is 3.36. The molecule has 0 bridgehead atoms. The van der Waals surface area contributed by atoms with Gasteiger partial charge in [0.25, 0.3) is 0 Å². The molecular formula is C15H17N5. The van der Waals surface area contributed by atoms with E-state index >= 15 is 0 Å². The number of pyridine rings is 1.